The summed E-state index contributed by atoms with van der Waals surface area (Å²) in [7, 11) is 0. The van der Waals surface area contributed by atoms with Crippen LogP contribution < -0.4 is 0 Å². The summed E-state index contributed by atoms with van der Waals surface area (Å²) in [5.41, 5.74) is 0. The maximum Gasteiger partial charge on any atom is 0.332 e. The SMILES string of the molecule is CCC(F)C(F)(F)C(O)F. The molecule has 0 radical (unpaired) electrons. The van der Waals surface area contributed by atoms with Crippen molar-refractivity contribution in [2.75, 3.05) is 0 Å². The molecule has 0 aromatic heterocycles. The van der Waals surface area contributed by atoms with Crippen molar-refractivity contribution < 1.29 is 22.7 Å². The third-order valence-corrected chi connectivity index (χ3v) is 1.09. The molecule has 1 nitrogen and oxygen atoms in total. The molecule has 0 saturated heterocycles. The lowest BCUT2D eigenvalue weighted by atomic mass is 10.1. The molecule has 5 heteroatoms. The van der Waals surface area contributed by atoms with Crippen LogP contribution in [0.15, 0.2) is 0 Å². The Morgan fingerprint density at radius 3 is 1.90 bits per heavy atom. The molecule has 2 atom stereocenters. The first kappa shape index (κ1) is 9.68. The van der Waals surface area contributed by atoms with Gasteiger partial charge in [-0.15, -0.1) is 0 Å². The minimum absolute atomic E-state index is 0.520. The van der Waals surface area contributed by atoms with Crippen LogP contribution in [0.2, 0.25) is 0 Å². The number of rotatable bonds is 3. The second-order valence-corrected chi connectivity index (χ2v) is 1.89. The van der Waals surface area contributed by atoms with E-state index in [9.17, 15) is 17.6 Å². The second kappa shape index (κ2) is 3.18. The minimum Gasteiger partial charge on any atom is -0.359 e. The summed E-state index contributed by atoms with van der Waals surface area (Å²) < 4.78 is 47.4. The summed E-state index contributed by atoms with van der Waals surface area (Å²) in [5, 5.41) is 7.72. The molecular weight excluding hydrogens is 152 g/mol. The summed E-state index contributed by atoms with van der Waals surface area (Å²) in [5.74, 6) is -4.27. The molecule has 0 aromatic carbocycles. The van der Waals surface area contributed by atoms with Crippen molar-refractivity contribution in [1.82, 2.24) is 0 Å². The number of aliphatic hydroxyl groups is 1. The van der Waals surface area contributed by atoms with E-state index in [-0.39, 0.29) is 0 Å². The fourth-order valence-electron chi connectivity index (χ4n) is 0.421. The van der Waals surface area contributed by atoms with Crippen LogP contribution in [0, 0.1) is 0 Å². The predicted octanol–water partition coefficient (Wildman–Crippen LogP) is 1.66. The van der Waals surface area contributed by atoms with Gasteiger partial charge in [-0.2, -0.15) is 8.78 Å². The fraction of sp³-hybridized carbons (Fsp3) is 1.00. The highest BCUT2D eigenvalue weighted by atomic mass is 19.3. The van der Waals surface area contributed by atoms with Gasteiger partial charge in [-0.25, -0.2) is 8.78 Å². The Bertz CT molecular complexity index is 104. The number of halogens is 4. The predicted molar refractivity (Wildman–Crippen MR) is 27.2 cm³/mol. The number of hydrogen-bond donors (Lipinski definition) is 1. The van der Waals surface area contributed by atoms with Gasteiger partial charge < -0.3 is 5.11 Å². The summed E-state index contributed by atoms with van der Waals surface area (Å²) >= 11 is 0. The van der Waals surface area contributed by atoms with Crippen molar-refractivity contribution >= 4 is 0 Å². The van der Waals surface area contributed by atoms with E-state index in [4.69, 9.17) is 5.11 Å². The third-order valence-electron chi connectivity index (χ3n) is 1.09. The molecule has 0 saturated carbocycles. The molecule has 0 aromatic rings. The van der Waals surface area contributed by atoms with Gasteiger partial charge in [0, 0.05) is 0 Å². The highest BCUT2D eigenvalue weighted by Crippen LogP contribution is 2.28. The summed E-state index contributed by atoms with van der Waals surface area (Å²) in [6, 6.07) is 0. The van der Waals surface area contributed by atoms with E-state index in [0.717, 1.165) is 6.92 Å². The molecule has 0 amide bonds. The molecule has 0 heterocycles. The van der Waals surface area contributed by atoms with Crippen molar-refractivity contribution in [3.05, 3.63) is 0 Å². The Labute approximate surface area is 55.7 Å². The minimum atomic E-state index is -4.27. The van der Waals surface area contributed by atoms with E-state index >= 15 is 0 Å². The zero-order valence-corrected chi connectivity index (χ0v) is 5.32. The summed E-state index contributed by atoms with van der Waals surface area (Å²) in [6.07, 6.45) is -6.55. The molecule has 0 aliphatic carbocycles. The van der Waals surface area contributed by atoms with Gasteiger partial charge in [-0.1, -0.05) is 6.92 Å². The van der Waals surface area contributed by atoms with E-state index in [1.807, 2.05) is 0 Å². The standard InChI is InChI=1S/C5H8F4O/c1-2-3(6)5(8,9)4(7)10/h3-4,10H,2H2,1H3. The van der Waals surface area contributed by atoms with Crippen LogP contribution in [0.1, 0.15) is 13.3 Å². The molecule has 0 rings (SSSR count). The van der Waals surface area contributed by atoms with Crippen molar-refractivity contribution in [3.63, 3.8) is 0 Å². The van der Waals surface area contributed by atoms with Crippen molar-refractivity contribution in [2.24, 2.45) is 0 Å². The molecular formula is C5H8F4O. The zero-order valence-electron chi connectivity index (χ0n) is 5.32. The molecule has 2 unspecified atom stereocenters. The summed E-state index contributed by atoms with van der Waals surface area (Å²) in [4.78, 5) is 0. The summed E-state index contributed by atoms with van der Waals surface area (Å²) in [6.45, 7) is 1.14. The van der Waals surface area contributed by atoms with Crippen molar-refractivity contribution in [3.8, 4) is 0 Å². The highest BCUT2D eigenvalue weighted by Gasteiger charge is 2.46. The van der Waals surface area contributed by atoms with E-state index in [1.54, 1.807) is 0 Å². The molecule has 0 fully saturated rings. The topological polar surface area (TPSA) is 20.2 Å². The molecule has 62 valence electrons. The fourth-order valence-corrected chi connectivity index (χ4v) is 0.421. The van der Waals surface area contributed by atoms with Crippen LogP contribution in [0.3, 0.4) is 0 Å². The first-order valence-corrected chi connectivity index (χ1v) is 2.77. The quantitative estimate of drug-likeness (QED) is 0.622. The molecule has 0 aliphatic rings. The van der Waals surface area contributed by atoms with Crippen LogP contribution in [-0.4, -0.2) is 23.6 Å². The van der Waals surface area contributed by atoms with Gasteiger partial charge in [0.2, 0.25) is 0 Å². The molecule has 1 N–H and O–H groups in total. The largest absolute Gasteiger partial charge is 0.359 e. The third kappa shape index (κ3) is 1.83. The first-order valence-electron chi connectivity index (χ1n) is 2.77. The van der Waals surface area contributed by atoms with Crippen LogP contribution in [-0.2, 0) is 0 Å². The Kier molecular flexibility index (Phi) is 3.08. The number of alkyl halides is 4. The number of hydrogen-bond acceptors (Lipinski definition) is 1. The van der Waals surface area contributed by atoms with Gasteiger partial charge in [0.1, 0.15) is 0 Å². The van der Waals surface area contributed by atoms with Gasteiger partial charge >= 0.3 is 5.92 Å². The lowest BCUT2D eigenvalue weighted by molar-refractivity contribution is -0.202. The van der Waals surface area contributed by atoms with Gasteiger partial charge in [0.15, 0.2) is 6.17 Å². The average Bonchev–Trinajstić information content (AvgIpc) is 1.86. The second-order valence-electron chi connectivity index (χ2n) is 1.89. The maximum absolute atomic E-state index is 12.0. The van der Waals surface area contributed by atoms with Crippen molar-refractivity contribution in [2.45, 2.75) is 31.8 Å². The monoisotopic (exact) mass is 160 g/mol. The molecule has 10 heavy (non-hydrogen) atoms. The maximum atomic E-state index is 12.0. The molecule has 0 bridgehead atoms. The van der Waals surface area contributed by atoms with Gasteiger partial charge in [0.25, 0.3) is 6.36 Å². The highest BCUT2D eigenvalue weighted by molar-refractivity contribution is 4.77. The molecule has 0 aliphatic heterocycles. The first-order chi connectivity index (χ1) is 4.42. The van der Waals surface area contributed by atoms with E-state index in [2.05, 4.69) is 0 Å². The van der Waals surface area contributed by atoms with Gasteiger partial charge in [0.05, 0.1) is 0 Å². The Hall–Kier alpha value is -0.320. The van der Waals surface area contributed by atoms with Crippen molar-refractivity contribution in [1.29, 1.82) is 0 Å². The molecule has 0 spiro atoms. The lowest BCUT2D eigenvalue weighted by Crippen LogP contribution is -2.39. The van der Waals surface area contributed by atoms with E-state index in [1.165, 1.54) is 0 Å². The van der Waals surface area contributed by atoms with Crippen LogP contribution in [0.4, 0.5) is 17.6 Å². The van der Waals surface area contributed by atoms with E-state index < -0.39 is 24.9 Å². The van der Waals surface area contributed by atoms with E-state index in [0.29, 0.717) is 0 Å². The van der Waals surface area contributed by atoms with Gasteiger partial charge in [-0.3, -0.25) is 0 Å². The van der Waals surface area contributed by atoms with Gasteiger partial charge in [-0.05, 0) is 6.42 Å². The number of aliphatic hydroxyl groups excluding tert-OH is 1. The normalized spacial score (nSPS) is 18.6. The zero-order chi connectivity index (χ0) is 8.36. The van der Waals surface area contributed by atoms with Crippen LogP contribution in [0.5, 0.6) is 0 Å². The Balaban J connectivity index is 4.09. The smallest absolute Gasteiger partial charge is 0.332 e. The lowest BCUT2D eigenvalue weighted by Gasteiger charge is -2.19. The van der Waals surface area contributed by atoms with Crippen LogP contribution >= 0.6 is 0 Å². The van der Waals surface area contributed by atoms with Crippen LogP contribution in [0.25, 0.3) is 0 Å². The Morgan fingerprint density at radius 1 is 1.40 bits per heavy atom. The Morgan fingerprint density at radius 2 is 1.80 bits per heavy atom. The average molecular weight is 160 g/mol.